The van der Waals surface area contributed by atoms with Gasteiger partial charge in [-0.2, -0.15) is 0 Å². The lowest BCUT2D eigenvalue weighted by molar-refractivity contribution is -0.114. The first-order valence-electron chi connectivity index (χ1n) is 8.59. The van der Waals surface area contributed by atoms with E-state index in [0.29, 0.717) is 27.8 Å². The van der Waals surface area contributed by atoms with E-state index in [4.69, 9.17) is 11.6 Å². The fourth-order valence-corrected chi connectivity index (χ4v) is 2.70. The molecule has 0 spiro atoms. The summed E-state index contributed by atoms with van der Waals surface area (Å²) >= 11 is 6.08. The van der Waals surface area contributed by atoms with Crippen LogP contribution >= 0.6 is 11.6 Å². The van der Waals surface area contributed by atoms with Crippen LogP contribution in [-0.4, -0.2) is 16.8 Å². The van der Waals surface area contributed by atoms with Gasteiger partial charge in [-0.1, -0.05) is 17.7 Å². The van der Waals surface area contributed by atoms with Crippen molar-refractivity contribution in [2.24, 2.45) is 0 Å². The van der Waals surface area contributed by atoms with Gasteiger partial charge >= 0.3 is 0 Å². The Labute approximate surface area is 168 Å². The van der Waals surface area contributed by atoms with Crippen LogP contribution in [0.15, 0.2) is 60.8 Å². The molecule has 0 saturated carbocycles. The average Bonchev–Trinajstić information content (AvgIpc) is 2.67. The molecule has 2 amide bonds. The molecule has 142 valence electrons. The molecule has 28 heavy (non-hydrogen) atoms. The summed E-state index contributed by atoms with van der Waals surface area (Å²) in [7, 11) is 0. The first-order chi connectivity index (χ1) is 13.4. The first kappa shape index (κ1) is 19.4. The number of rotatable bonds is 5. The molecule has 0 atom stereocenters. The van der Waals surface area contributed by atoms with Crippen molar-refractivity contribution < 1.29 is 9.59 Å². The topological polar surface area (TPSA) is 83.1 Å². The van der Waals surface area contributed by atoms with Gasteiger partial charge in [-0.15, -0.1) is 0 Å². The molecule has 0 aliphatic heterocycles. The molecule has 0 bridgehead atoms. The van der Waals surface area contributed by atoms with E-state index in [2.05, 4.69) is 20.9 Å². The van der Waals surface area contributed by atoms with Crippen LogP contribution in [0.3, 0.4) is 0 Å². The number of pyridine rings is 1. The number of aromatic nitrogens is 1. The van der Waals surface area contributed by atoms with Crippen molar-refractivity contribution in [3.63, 3.8) is 0 Å². The van der Waals surface area contributed by atoms with Gasteiger partial charge in [0, 0.05) is 35.2 Å². The number of carbonyl (C=O) groups is 2. The second-order valence-corrected chi connectivity index (χ2v) is 6.59. The van der Waals surface area contributed by atoms with Crippen LogP contribution < -0.4 is 16.0 Å². The summed E-state index contributed by atoms with van der Waals surface area (Å²) in [6.07, 6.45) is 1.50. The molecular formula is C21H19ClN4O2. The standard InChI is InChI=1S/C21H19ClN4O2/c1-13-18(22)4-3-5-19(13)26-21(28)15-6-11-20(23-12-15)25-17-9-7-16(8-10-17)24-14(2)27/h3-12H,1-2H3,(H,23,25)(H,24,27)(H,26,28). The van der Waals surface area contributed by atoms with E-state index >= 15 is 0 Å². The second kappa shape index (κ2) is 8.54. The number of halogens is 1. The summed E-state index contributed by atoms with van der Waals surface area (Å²) in [5.41, 5.74) is 3.44. The molecule has 3 aromatic rings. The maximum absolute atomic E-state index is 12.4. The second-order valence-electron chi connectivity index (χ2n) is 6.18. The Morgan fingerprint density at radius 1 is 0.929 bits per heavy atom. The van der Waals surface area contributed by atoms with Crippen LogP contribution in [0, 0.1) is 6.92 Å². The summed E-state index contributed by atoms with van der Waals surface area (Å²) in [4.78, 5) is 27.8. The molecule has 0 aliphatic carbocycles. The lowest BCUT2D eigenvalue weighted by atomic mass is 10.2. The smallest absolute Gasteiger partial charge is 0.257 e. The molecule has 1 aromatic heterocycles. The zero-order valence-electron chi connectivity index (χ0n) is 15.4. The van der Waals surface area contributed by atoms with Gasteiger partial charge in [0.15, 0.2) is 0 Å². The Morgan fingerprint density at radius 3 is 2.29 bits per heavy atom. The largest absolute Gasteiger partial charge is 0.340 e. The highest BCUT2D eigenvalue weighted by Crippen LogP contribution is 2.23. The molecule has 3 N–H and O–H groups in total. The number of amides is 2. The Balaban J connectivity index is 1.65. The van der Waals surface area contributed by atoms with Crippen LogP contribution in [0.4, 0.5) is 22.9 Å². The number of nitrogens with one attached hydrogen (secondary N) is 3. The van der Waals surface area contributed by atoms with Gasteiger partial charge in [-0.3, -0.25) is 9.59 Å². The molecule has 0 fully saturated rings. The molecule has 7 heteroatoms. The summed E-state index contributed by atoms with van der Waals surface area (Å²) < 4.78 is 0. The Kier molecular flexibility index (Phi) is 5.91. The van der Waals surface area contributed by atoms with Crippen molar-refractivity contribution in [3.05, 3.63) is 76.9 Å². The minimum atomic E-state index is -0.260. The van der Waals surface area contributed by atoms with Crippen molar-refractivity contribution in [1.29, 1.82) is 0 Å². The number of nitrogens with zero attached hydrogens (tertiary/aromatic N) is 1. The third kappa shape index (κ3) is 4.86. The summed E-state index contributed by atoms with van der Waals surface area (Å²) in [6, 6.07) is 16.0. The van der Waals surface area contributed by atoms with Crippen LogP contribution in [0.1, 0.15) is 22.8 Å². The van der Waals surface area contributed by atoms with Crippen LogP contribution in [0.2, 0.25) is 5.02 Å². The molecular weight excluding hydrogens is 376 g/mol. The number of benzene rings is 2. The van der Waals surface area contributed by atoms with Gasteiger partial charge < -0.3 is 16.0 Å². The summed E-state index contributed by atoms with van der Waals surface area (Å²) in [5.74, 6) is 0.219. The molecule has 3 rings (SSSR count). The predicted molar refractivity (Wildman–Crippen MR) is 112 cm³/mol. The van der Waals surface area contributed by atoms with Crippen molar-refractivity contribution >= 4 is 46.3 Å². The Morgan fingerprint density at radius 2 is 1.64 bits per heavy atom. The third-order valence-electron chi connectivity index (χ3n) is 4.02. The number of anilines is 4. The molecule has 2 aromatic carbocycles. The fourth-order valence-electron chi connectivity index (χ4n) is 2.53. The molecule has 6 nitrogen and oxygen atoms in total. The fraction of sp³-hybridized carbons (Fsp3) is 0.0952. The zero-order chi connectivity index (χ0) is 20.1. The van der Waals surface area contributed by atoms with Crippen molar-refractivity contribution in [3.8, 4) is 0 Å². The molecule has 0 unspecified atom stereocenters. The highest BCUT2D eigenvalue weighted by atomic mass is 35.5. The highest BCUT2D eigenvalue weighted by molar-refractivity contribution is 6.31. The number of hydrogen-bond acceptors (Lipinski definition) is 4. The van der Waals surface area contributed by atoms with Crippen molar-refractivity contribution in [2.75, 3.05) is 16.0 Å². The average molecular weight is 395 g/mol. The minimum absolute atomic E-state index is 0.121. The van der Waals surface area contributed by atoms with E-state index in [1.807, 2.05) is 19.1 Å². The highest BCUT2D eigenvalue weighted by Gasteiger charge is 2.10. The van der Waals surface area contributed by atoms with Crippen LogP contribution in [0.25, 0.3) is 0 Å². The molecule has 0 aliphatic rings. The van der Waals surface area contributed by atoms with Crippen molar-refractivity contribution in [1.82, 2.24) is 4.98 Å². The van der Waals surface area contributed by atoms with E-state index in [0.717, 1.165) is 11.3 Å². The minimum Gasteiger partial charge on any atom is -0.340 e. The lowest BCUT2D eigenvalue weighted by Crippen LogP contribution is -2.13. The SMILES string of the molecule is CC(=O)Nc1ccc(Nc2ccc(C(=O)Nc3cccc(Cl)c3C)cn2)cc1. The van der Waals surface area contributed by atoms with E-state index in [1.54, 1.807) is 42.5 Å². The van der Waals surface area contributed by atoms with Gasteiger partial charge in [0.1, 0.15) is 5.82 Å². The zero-order valence-corrected chi connectivity index (χ0v) is 16.2. The number of hydrogen-bond donors (Lipinski definition) is 3. The number of carbonyl (C=O) groups excluding carboxylic acids is 2. The Hall–Kier alpha value is -3.38. The van der Waals surface area contributed by atoms with E-state index < -0.39 is 0 Å². The third-order valence-corrected chi connectivity index (χ3v) is 4.43. The lowest BCUT2D eigenvalue weighted by Gasteiger charge is -2.10. The first-order valence-corrected chi connectivity index (χ1v) is 8.97. The van der Waals surface area contributed by atoms with Crippen LogP contribution in [-0.2, 0) is 4.79 Å². The predicted octanol–water partition coefficient (Wildman–Crippen LogP) is 5.00. The molecule has 0 saturated heterocycles. The summed E-state index contributed by atoms with van der Waals surface area (Å²) in [5, 5.41) is 9.29. The monoisotopic (exact) mass is 394 g/mol. The Bertz CT molecular complexity index is 1000. The van der Waals surface area contributed by atoms with Gasteiger partial charge in [-0.05, 0) is 61.0 Å². The maximum atomic E-state index is 12.4. The quantitative estimate of drug-likeness (QED) is 0.568. The van der Waals surface area contributed by atoms with Gasteiger partial charge in [-0.25, -0.2) is 4.98 Å². The van der Waals surface area contributed by atoms with Gasteiger partial charge in [0.2, 0.25) is 5.91 Å². The van der Waals surface area contributed by atoms with E-state index in [1.165, 1.54) is 13.1 Å². The van der Waals surface area contributed by atoms with Gasteiger partial charge in [0.05, 0.1) is 5.56 Å². The van der Waals surface area contributed by atoms with Gasteiger partial charge in [0.25, 0.3) is 5.91 Å². The maximum Gasteiger partial charge on any atom is 0.257 e. The van der Waals surface area contributed by atoms with Crippen LogP contribution in [0.5, 0.6) is 0 Å². The molecule has 0 radical (unpaired) electrons. The normalized spacial score (nSPS) is 10.2. The summed E-state index contributed by atoms with van der Waals surface area (Å²) in [6.45, 7) is 3.31. The van der Waals surface area contributed by atoms with E-state index in [-0.39, 0.29) is 11.8 Å². The van der Waals surface area contributed by atoms with Crippen molar-refractivity contribution in [2.45, 2.75) is 13.8 Å². The molecule has 1 heterocycles. The van der Waals surface area contributed by atoms with E-state index in [9.17, 15) is 9.59 Å².